The topological polar surface area (TPSA) is 32.3 Å². The SMILES string of the molecule is c1ccc2c(c1)Sc1c(-c3nsc(-c4cccc5c4Sc4ccccc4N5c4cccc5ccccc45)n3)cccc1N2c1cccc2ccccc12. The molecular formula is C46H28N4S3. The van der Waals surface area contributed by atoms with Crippen LogP contribution in [0.1, 0.15) is 0 Å². The molecule has 0 unspecified atom stereocenters. The van der Waals surface area contributed by atoms with E-state index >= 15 is 0 Å². The number of benzene rings is 8. The van der Waals surface area contributed by atoms with E-state index in [9.17, 15) is 0 Å². The maximum absolute atomic E-state index is 5.32. The summed E-state index contributed by atoms with van der Waals surface area (Å²) >= 11 is 5.08. The maximum Gasteiger partial charge on any atom is 0.174 e. The molecule has 3 heterocycles. The molecule has 7 heteroatoms. The van der Waals surface area contributed by atoms with Gasteiger partial charge in [-0.05, 0) is 76.9 Å². The van der Waals surface area contributed by atoms with E-state index in [1.165, 1.54) is 59.1 Å². The first kappa shape index (κ1) is 30.7. The lowest BCUT2D eigenvalue weighted by molar-refractivity contribution is 1.16. The molecule has 0 aliphatic carbocycles. The van der Waals surface area contributed by atoms with E-state index in [4.69, 9.17) is 9.36 Å². The van der Waals surface area contributed by atoms with Gasteiger partial charge in [0.15, 0.2) is 5.82 Å². The normalized spacial score (nSPS) is 13.1. The third-order valence-electron chi connectivity index (χ3n) is 10.0. The molecule has 0 atom stereocenters. The minimum Gasteiger partial charge on any atom is -0.308 e. The van der Waals surface area contributed by atoms with Gasteiger partial charge in [0.05, 0.1) is 34.1 Å². The number of hydrogen-bond donors (Lipinski definition) is 0. The predicted molar refractivity (Wildman–Crippen MR) is 223 cm³/mol. The molecule has 0 N–H and O–H groups in total. The second-order valence-electron chi connectivity index (χ2n) is 13.0. The Labute approximate surface area is 319 Å². The highest BCUT2D eigenvalue weighted by atomic mass is 32.2. The van der Waals surface area contributed by atoms with Gasteiger partial charge >= 0.3 is 0 Å². The Morgan fingerprint density at radius 2 is 0.811 bits per heavy atom. The molecule has 0 radical (unpaired) electrons. The number of anilines is 6. The minimum absolute atomic E-state index is 0.747. The Bertz CT molecular complexity index is 2690. The highest BCUT2D eigenvalue weighted by molar-refractivity contribution is 8.00. The van der Waals surface area contributed by atoms with E-state index in [1.54, 1.807) is 11.8 Å². The number of para-hydroxylation sites is 2. The van der Waals surface area contributed by atoms with E-state index < -0.39 is 0 Å². The van der Waals surface area contributed by atoms with Gasteiger partial charge in [0, 0.05) is 41.5 Å². The fourth-order valence-electron chi connectivity index (χ4n) is 7.66. The van der Waals surface area contributed by atoms with Crippen LogP contribution in [0.25, 0.3) is 43.5 Å². The van der Waals surface area contributed by atoms with Crippen molar-refractivity contribution in [2.24, 2.45) is 0 Å². The summed E-state index contributed by atoms with van der Waals surface area (Å²) in [4.78, 5) is 14.9. The molecule has 2 aliphatic rings. The highest BCUT2D eigenvalue weighted by Crippen LogP contribution is 2.57. The van der Waals surface area contributed by atoms with Crippen LogP contribution in [-0.4, -0.2) is 9.36 Å². The van der Waals surface area contributed by atoms with Crippen LogP contribution in [0.3, 0.4) is 0 Å². The summed E-state index contributed by atoms with van der Waals surface area (Å²) in [7, 11) is 0. The molecule has 0 saturated heterocycles. The van der Waals surface area contributed by atoms with Gasteiger partial charge in [-0.25, -0.2) is 4.98 Å². The quantitative estimate of drug-likeness (QED) is 0.179. The van der Waals surface area contributed by atoms with Crippen molar-refractivity contribution in [3.63, 3.8) is 0 Å². The van der Waals surface area contributed by atoms with Crippen molar-refractivity contribution in [1.29, 1.82) is 0 Å². The highest BCUT2D eigenvalue weighted by Gasteiger charge is 2.31. The summed E-state index contributed by atoms with van der Waals surface area (Å²) in [5.74, 6) is 0.747. The van der Waals surface area contributed by atoms with Gasteiger partial charge in [0.1, 0.15) is 5.01 Å². The van der Waals surface area contributed by atoms with Crippen LogP contribution in [0, 0.1) is 0 Å². The first-order valence-electron chi connectivity index (χ1n) is 17.5. The van der Waals surface area contributed by atoms with Gasteiger partial charge in [-0.2, -0.15) is 4.37 Å². The van der Waals surface area contributed by atoms with Crippen molar-refractivity contribution in [1.82, 2.24) is 9.36 Å². The average Bonchev–Trinajstić information content (AvgIpc) is 3.71. The number of nitrogens with zero attached hydrogens (tertiary/aromatic N) is 4. The molecule has 1 aromatic heterocycles. The van der Waals surface area contributed by atoms with E-state index in [2.05, 4.69) is 180 Å². The Morgan fingerprint density at radius 3 is 1.42 bits per heavy atom. The smallest absolute Gasteiger partial charge is 0.174 e. The first-order chi connectivity index (χ1) is 26.3. The zero-order chi connectivity index (χ0) is 34.9. The minimum atomic E-state index is 0.747. The third-order valence-corrected chi connectivity index (χ3v) is 13.2. The number of hydrogen-bond acceptors (Lipinski definition) is 7. The lowest BCUT2D eigenvalue weighted by Gasteiger charge is -2.34. The molecule has 53 heavy (non-hydrogen) atoms. The zero-order valence-corrected chi connectivity index (χ0v) is 30.6. The molecule has 8 aromatic carbocycles. The summed E-state index contributed by atoms with van der Waals surface area (Å²) in [5.41, 5.74) is 9.09. The van der Waals surface area contributed by atoms with Gasteiger partial charge in [0.2, 0.25) is 0 Å². The van der Waals surface area contributed by atoms with Gasteiger partial charge in [-0.3, -0.25) is 0 Å². The second-order valence-corrected chi connectivity index (χ2v) is 15.9. The molecular weight excluding hydrogens is 705 g/mol. The average molecular weight is 733 g/mol. The van der Waals surface area contributed by atoms with Crippen molar-refractivity contribution < 1.29 is 0 Å². The lowest BCUT2D eigenvalue weighted by atomic mass is 10.1. The van der Waals surface area contributed by atoms with Crippen molar-refractivity contribution in [2.45, 2.75) is 19.6 Å². The number of fused-ring (bicyclic) bond motifs is 6. The van der Waals surface area contributed by atoms with Crippen molar-refractivity contribution >= 4 is 90.7 Å². The summed E-state index contributed by atoms with van der Waals surface area (Å²) in [6, 6.07) is 60.8. The molecule has 0 fully saturated rings. The Kier molecular flexibility index (Phi) is 7.18. The molecule has 0 bridgehead atoms. The van der Waals surface area contributed by atoms with E-state index in [0.717, 1.165) is 49.6 Å². The zero-order valence-electron chi connectivity index (χ0n) is 28.2. The van der Waals surface area contributed by atoms with Gasteiger partial charge in [-0.15, -0.1) is 0 Å². The van der Waals surface area contributed by atoms with Crippen LogP contribution in [0.4, 0.5) is 34.1 Å². The van der Waals surface area contributed by atoms with Crippen LogP contribution in [-0.2, 0) is 0 Å². The molecule has 0 saturated carbocycles. The fourth-order valence-corrected chi connectivity index (χ4v) is 10.8. The fraction of sp³-hybridized carbons (Fsp3) is 0. The van der Waals surface area contributed by atoms with Gasteiger partial charge < -0.3 is 9.80 Å². The Morgan fingerprint density at radius 1 is 0.377 bits per heavy atom. The molecule has 9 aromatic rings. The number of aromatic nitrogens is 2. The summed E-state index contributed by atoms with van der Waals surface area (Å²) in [5, 5.41) is 5.78. The molecule has 4 nitrogen and oxygen atoms in total. The van der Waals surface area contributed by atoms with E-state index in [-0.39, 0.29) is 0 Å². The van der Waals surface area contributed by atoms with Crippen LogP contribution in [0.15, 0.2) is 189 Å². The van der Waals surface area contributed by atoms with Gasteiger partial charge in [0.25, 0.3) is 0 Å². The summed E-state index contributed by atoms with van der Waals surface area (Å²) < 4.78 is 5.06. The Balaban J connectivity index is 1.05. The third kappa shape index (κ3) is 4.92. The Hall–Kier alpha value is -5.86. The van der Waals surface area contributed by atoms with Crippen molar-refractivity contribution in [3.05, 3.63) is 170 Å². The summed E-state index contributed by atoms with van der Waals surface area (Å²) in [6.07, 6.45) is 0. The second kappa shape index (κ2) is 12.4. The first-order valence-corrected chi connectivity index (χ1v) is 19.9. The monoisotopic (exact) mass is 732 g/mol. The van der Waals surface area contributed by atoms with Gasteiger partial charge in [-0.1, -0.05) is 139 Å². The van der Waals surface area contributed by atoms with Crippen LogP contribution < -0.4 is 9.80 Å². The van der Waals surface area contributed by atoms with Crippen molar-refractivity contribution in [2.75, 3.05) is 9.80 Å². The molecule has 0 spiro atoms. The number of rotatable bonds is 4. The van der Waals surface area contributed by atoms with E-state index in [0.29, 0.717) is 0 Å². The van der Waals surface area contributed by atoms with E-state index in [1.807, 2.05) is 11.8 Å². The standard InChI is InChI=1S/C46H28N4S3/c1-3-17-31-29(13-1)15-9-23-35(31)49-37-21-5-7-27-41(37)51-43-33(19-11-25-39(43)49)45-47-46(53-48-45)34-20-12-26-40-44(34)52-42-28-8-6-22-38(42)50(40)36-24-10-16-30-14-2-4-18-32(30)36/h1-28H. The molecule has 250 valence electrons. The van der Waals surface area contributed by atoms with Crippen LogP contribution in [0.2, 0.25) is 0 Å². The maximum atomic E-state index is 5.32. The summed E-state index contributed by atoms with van der Waals surface area (Å²) in [6.45, 7) is 0. The van der Waals surface area contributed by atoms with Crippen LogP contribution >= 0.6 is 35.1 Å². The van der Waals surface area contributed by atoms with Crippen LogP contribution in [0.5, 0.6) is 0 Å². The molecule has 2 aliphatic heterocycles. The molecule has 11 rings (SSSR count). The molecule has 0 amide bonds. The van der Waals surface area contributed by atoms with Crippen molar-refractivity contribution in [3.8, 4) is 22.0 Å². The largest absolute Gasteiger partial charge is 0.308 e. The lowest BCUT2D eigenvalue weighted by Crippen LogP contribution is -2.15. The predicted octanol–water partition coefficient (Wildman–Crippen LogP) is 14.0.